The van der Waals surface area contributed by atoms with E-state index in [9.17, 15) is 14.4 Å². The molecule has 0 radical (unpaired) electrons. The van der Waals surface area contributed by atoms with Crippen molar-refractivity contribution < 1.29 is 28.6 Å². The molecule has 30 heavy (non-hydrogen) atoms. The maximum Gasteiger partial charge on any atom is 0.325 e. The standard InChI is InChI=1S/C23H29NO6/c1-28-19-4-3-17(8-20(19)29-2)18(25)13-30-21(26)12-24-22(27)23-9-14-5-15(10-23)7-16(6-14)11-23/h3-4,8,14-16H,5-7,9-13H2,1-2H3,(H,24,27). The summed E-state index contributed by atoms with van der Waals surface area (Å²) < 4.78 is 15.4. The second-order valence-corrected chi connectivity index (χ2v) is 9.03. The van der Waals surface area contributed by atoms with Crippen molar-refractivity contribution in [1.82, 2.24) is 5.32 Å². The molecule has 1 aromatic carbocycles. The van der Waals surface area contributed by atoms with Crippen LogP contribution in [0.3, 0.4) is 0 Å². The lowest BCUT2D eigenvalue weighted by Crippen LogP contribution is -2.54. The lowest BCUT2D eigenvalue weighted by Gasteiger charge is -2.55. The Hall–Kier alpha value is -2.57. The molecule has 1 amide bonds. The third-order valence-electron chi connectivity index (χ3n) is 6.98. The Labute approximate surface area is 176 Å². The Morgan fingerprint density at radius 1 is 0.967 bits per heavy atom. The summed E-state index contributed by atoms with van der Waals surface area (Å²) in [6.07, 6.45) is 6.60. The minimum atomic E-state index is -0.609. The summed E-state index contributed by atoms with van der Waals surface area (Å²) in [7, 11) is 3.00. The van der Waals surface area contributed by atoms with Crippen LogP contribution in [-0.4, -0.2) is 45.0 Å². The van der Waals surface area contributed by atoms with Gasteiger partial charge in [-0.25, -0.2) is 0 Å². The van der Waals surface area contributed by atoms with E-state index in [0.29, 0.717) is 34.8 Å². The van der Waals surface area contributed by atoms with E-state index in [4.69, 9.17) is 14.2 Å². The summed E-state index contributed by atoms with van der Waals surface area (Å²) in [5.41, 5.74) is 0.0582. The summed E-state index contributed by atoms with van der Waals surface area (Å²) in [5.74, 6) is 1.94. The largest absolute Gasteiger partial charge is 0.493 e. The first-order valence-corrected chi connectivity index (χ1v) is 10.6. The molecule has 4 fully saturated rings. The minimum absolute atomic E-state index is 0.0234. The van der Waals surface area contributed by atoms with Crippen molar-refractivity contribution >= 4 is 17.7 Å². The number of nitrogens with one attached hydrogen (secondary N) is 1. The summed E-state index contributed by atoms with van der Waals surface area (Å²) in [6.45, 7) is -0.596. The number of ether oxygens (including phenoxy) is 3. The highest BCUT2D eigenvalue weighted by atomic mass is 16.5. The van der Waals surface area contributed by atoms with E-state index in [0.717, 1.165) is 19.3 Å². The molecule has 0 spiro atoms. The molecule has 1 N–H and O–H groups in total. The molecular weight excluding hydrogens is 386 g/mol. The highest BCUT2D eigenvalue weighted by molar-refractivity contribution is 5.98. The van der Waals surface area contributed by atoms with E-state index >= 15 is 0 Å². The van der Waals surface area contributed by atoms with Crippen LogP contribution in [0.5, 0.6) is 11.5 Å². The fourth-order valence-corrected chi connectivity index (χ4v) is 6.02. The van der Waals surface area contributed by atoms with Gasteiger partial charge in [0.25, 0.3) is 0 Å². The van der Waals surface area contributed by atoms with Gasteiger partial charge in [-0.15, -0.1) is 0 Å². The predicted molar refractivity (Wildman–Crippen MR) is 108 cm³/mol. The molecule has 162 valence electrons. The van der Waals surface area contributed by atoms with E-state index in [-0.39, 0.29) is 30.3 Å². The molecule has 0 aromatic heterocycles. The summed E-state index contributed by atoms with van der Waals surface area (Å²) in [4.78, 5) is 37.3. The van der Waals surface area contributed by atoms with E-state index in [1.54, 1.807) is 18.2 Å². The minimum Gasteiger partial charge on any atom is -0.493 e. The number of ketones is 1. The number of esters is 1. The number of amides is 1. The Morgan fingerprint density at radius 2 is 1.57 bits per heavy atom. The lowest BCUT2D eigenvalue weighted by molar-refractivity contribution is -0.150. The normalized spacial score (nSPS) is 28.7. The van der Waals surface area contributed by atoms with Gasteiger partial charge in [0.15, 0.2) is 23.9 Å². The molecule has 5 rings (SSSR count). The summed E-state index contributed by atoms with van der Waals surface area (Å²) in [6, 6.07) is 4.76. The van der Waals surface area contributed by atoms with Gasteiger partial charge in [-0.2, -0.15) is 0 Å². The van der Waals surface area contributed by atoms with Gasteiger partial charge in [0.05, 0.1) is 14.2 Å². The molecule has 4 bridgehead atoms. The highest BCUT2D eigenvalue weighted by Gasteiger charge is 2.54. The highest BCUT2D eigenvalue weighted by Crippen LogP contribution is 2.60. The predicted octanol–water partition coefficient (Wildman–Crippen LogP) is 2.76. The van der Waals surface area contributed by atoms with Gasteiger partial charge in [0, 0.05) is 11.0 Å². The monoisotopic (exact) mass is 415 g/mol. The van der Waals surface area contributed by atoms with Gasteiger partial charge in [0.2, 0.25) is 5.91 Å². The number of methoxy groups -OCH3 is 2. The average molecular weight is 415 g/mol. The number of Topliss-reactive ketones (excluding diaryl/α,β-unsaturated/α-hetero) is 1. The van der Waals surface area contributed by atoms with Crippen molar-refractivity contribution in [2.24, 2.45) is 23.2 Å². The Kier molecular flexibility index (Phi) is 5.71. The van der Waals surface area contributed by atoms with Crippen LogP contribution in [0.15, 0.2) is 18.2 Å². The number of carbonyl (C=O) groups is 3. The lowest BCUT2D eigenvalue weighted by atomic mass is 9.49. The van der Waals surface area contributed by atoms with Crippen molar-refractivity contribution in [3.05, 3.63) is 23.8 Å². The molecule has 0 saturated heterocycles. The van der Waals surface area contributed by atoms with Crippen molar-refractivity contribution in [3.8, 4) is 11.5 Å². The number of hydrogen-bond donors (Lipinski definition) is 1. The maximum absolute atomic E-state index is 12.9. The van der Waals surface area contributed by atoms with Crippen LogP contribution < -0.4 is 14.8 Å². The van der Waals surface area contributed by atoms with Gasteiger partial charge >= 0.3 is 5.97 Å². The van der Waals surface area contributed by atoms with Crippen molar-refractivity contribution in [2.45, 2.75) is 38.5 Å². The molecule has 0 atom stereocenters. The van der Waals surface area contributed by atoms with E-state index < -0.39 is 5.97 Å². The van der Waals surface area contributed by atoms with E-state index in [1.165, 1.54) is 33.5 Å². The molecule has 4 saturated carbocycles. The smallest absolute Gasteiger partial charge is 0.325 e. The van der Waals surface area contributed by atoms with Crippen LogP contribution in [0.2, 0.25) is 0 Å². The summed E-state index contributed by atoms with van der Waals surface area (Å²) in [5, 5.41) is 2.77. The van der Waals surface area contributed by atoms with Crippen molar-refractivity contribution in [1.29, 1.82) is 0 Å². The molecule has 7 heteroatoms. The van der Waals surface area contributed by atoms with Crippen molar-refractivity contribution in [3.63, 3.8) is 0 Å². The topological polar surface area (TPSA) is 90.9 Å². The number of benzene rings is 1. The Balaban J connectivity index is 1.26. The van der Waals surface area contributed by atoms with Gasteiger partial charge in [-0.05, 0) is 74.5 Å². The van der Waals surface area contributed by atoms with Crippen LogP contribution in [-0.2, 0) is 14.3 Å². The Morgan fingerprint density at radius 3 is 2.13 bits per heavy atom. The van der Waals surface area contributed by atoms with E-state index in [2.05, 4.69) is 5.32 Å². The first-order chi connectivity index (χ1) is 14.4. The van der Waals surface area contributed by atoms with Crippen LogP contribution in [0, 0.1) is 23.2 Å². The third-order valence-corrected chi connectivity index (χ3v) is 6.98. The fraction of sp³-hybridized carbons (Fsp3) is 0.609. The third kappa shape index (κ3) is 4.02. The second kappa shape index (κ2) is 8.28. The SMILES string of the molecule is COc1ccc(C(=O)COC(=O)CNC(=O)C23CC4CC(CC(C4)C2)C3)cc1OC. The summed E-state index contributed by atoms with van der Waals surface area (Å²) >= 11 is 0. The molecular formula is C23H29NO6. The zero-order valence-corrected chi connectivity index (χ0v) is 17.6. The second-order valence-electron chi connectivity index (χ2n) is 9.03. The number of rotatable bonds is 8. The van der Waals surface area contributed by atoms with Crippen LogP contribution >= 0.6 is 0 Å². The quantitative estimate of drug-likeness (QED) is 0.519. The zero-order valence-electron chi connectivity index (χ0n) is 17.6. The molecule has 0 aliphatic heterocycles. The molecule has 1 aromatic rings. The number of carbonyl (C=O) groups excluding carboxylic acids is 3. The average Bonchev–Trinajstić information content (AvgIpc) is 2.74. The van der Waals surface area contributed by atoms with Gasteiger partial charge in [-0.3, -0.25) is 14.4 Å². The molecule has 4 aliphatic carbocycles. The molecule has 4 aliphatic rings. The zero-order chi connectivity index (χ0) is 21.3. The van der Waals surface area contributed by atoms with Crippen molar-refractivity contribution in [2.75, 3.05) is 27.4 Å². The van der Waals surface area contributed by atoms with Crippen LogP contribution in [0.25, 0.3) is 0 Å². The van der Waals surface area contributed by atoms with Crippen LogP contribution in [0.1, 0.15) is 48.9 Å². The van der Waals surface area contributed by atoms with Gasteiger partial charge in [-0.1, -0.05) is 0 Å². The Bertz CT molecular complexity index is 813. The number of hydrogen-bond acceptors (Lipinski definition) is 6. The molecule has 0 unspecified atom stereocenters. The van der Waals surface area contributed by atoms with E-state index in [1.807, 2.05) is 0 Å². The van der Waals surface area contributed by atoms with Gasteiger partial charge < -0.3 is 19.5 Å². The van der Waals surface area contributed by atoms with Crippen LogP contribution in [0.4, 0.5) is 0 Å². The first kappa shape index (κ1) is 20.7. The molecule has 7 nitrogen and oxygen atoms in total. The fourth-order valence-electron chi connectivity index (χ4n) is 6.02. The van der Waals surface area contributed by atoms with Gasteiger partial charge in [0.1, 0.15) is 6.54 Å². The maximum atomic E-state index is 12.9. The molecule has 0 heterocycles. The first-order valence-electron chi connectivity index (χ1n) is 10.6.